The van der Waals surface area contributed by atoms with Crippen molar-refractivity contribution in [2.75, 3.05) is 18.9 Å². The normalized spacial score (nSPS) is 11.5. The van der Waals surface area contributed by atoms with Gasteiger partial charge in [-0.15, -0.1) is 0 Å². The van der Waals surface area contributed by atoms with Crippen molar-refractivity contribution >= 4 is 48.3 Å². The second-order valence-electron chi connectivity index (χ2n) is 5.23. The molecule has 0 unspecified atom stereocenters. The van der Waals surface area contributed by atoms with Gasteiger partial charge in [0, 0.05) is 12.1 Å². The van der Waals surface area contributed by atoms with Crippen molar-refractivity contribution in [1.29, 1.82) is 0 Å². The second kappa shape index (κ2) is 6.70. The largest absolute Gasteiger partial charge is 0.495 e. The number of aromatic nitrogens is 1. The molecule has 2 aromatic carbocycles. The first-order chi connectivity index (χ1) is 11.8. The van der Waals surface area contributed by atoms with Crippen molar-refractivity contribution in [2.24, 2.45) is 0 Å². The summed E-state index contributed by atoms with van der Waals surface area (Å²) < 4.78 is 39.2. The molecule has 132 valence electrons. The number of hydrogen-bond donors (Lipinski definition) is 1. The number of halogens is 1. The quantitative estimate of drug-likeness (QED) is 0.700. The van der Waals surface area contributed by atoms with Crippen LogP contribution >= 0.6 is 22.9 Å². The van der Waals surface area contributed by atoms with Crippen LogP contribution in [0.25, 0.3) is 10.2 Å². The van der Waals surface area contributed by atoms with Crippen LogP contribution in [0.3, 0.4) is 0 Å². The molecule has 1 heterocycles. The van der Waals surface area contributed by atoms with Gasteiger partial charge in [-0.1, -0.05) is 29.0 Å². The van der Waals surface area contributed by atoms with E-state index in [2.05, 4.69) is 9.71 Å². The number of rotatable bonds is 5. The molecule has 25 heavy (non-hydrogen) atoms. The van der Waals surface area contributed by atoms with E-state index in [1.54, 1.807) is 0 Å². The average Bonchev–Trinajstić information content (AvgIpc) is 2.94. The maximum absolute atomic E-state index is 12.8. The summed E-state index contributed by atoms with van der Waals surface area (Å²) in [4.78, 5) is 4.23. The first-order valence-electron chi connectivity index (χ1n) is 7.15. The average molecular weight is 399 g/mol. The molecule has 0 atom stereocenters. The Morgan fingerprint density at radius 2 is 1.84 bits per heavy atom. The third-order valence-electron chi connectivity index (χ3n) is 3.49. The third kappa shape index (κ3) is 3.51. The lowest BCUT2D eigenvalue weighted by molar-refractivity contribution is 0.392. The molecule has 0 amide bonds. The lowest BCUT2D eigenvalue weighted by atomic mass is 10.2. The number of anilines is 1. The van der Waals surface area contributed by atoms with Gasteiger partial charge in [-0.3, -0.25) is 4.72 Å². The van der Waals surface area contributed by atoms with Gasteiger partial charge in [-0.25, -0.2) is 13.4 Å². The van der Waals surface area contributed by atoms with Crippen LogP contribution in [-0.2, 0) is 10.0 Å². The van der Waals surface area contributed by atoms with Gasteiger partial charge in [-0.2, -0.15) is 0 Å². The van der Waals surface area contributed by atoms with Gasteiger partial charge in [0.1, 0.15) is 16.4 Å². The fourth-order valence-electron chi connectivity index (χ4n) is 2.29. The standard InChI is InChI=1S/C16H15ClN2O4S2/c1-9-4-5-11-14(6-9)24-16(18-11)19-25(20,21)15-8-12(22-2)10(17)7-13(15)23-3/h4-8H,1-3H3,(H,18,19). The molecule has 3 rings (SSSR count). The minimum Gasteiger partial charge on any atom is -0.495 e. The van der Waals surface area contributed by atoms with Crippen LogP contribution in [0.15, 0.2) is 35.2 Å². The van der Waals surface area contributed by atoms with Crippen LogP contribution in [0.1, 0.15) is 5.56 Å². The zero-order valence-electron chi connectivity index (χ0n) is 13.7. The first-order valence-corrected chi connectivity index (χ1v) is 9.83. The molecule has 0 aliphatic rings. The summed E-state index contributed by atoms with van der Waals surface area (Å²) in [6.45, 7) is 1.97. The van der Waals surface area contributed by atoms with Gasteiger partial charge >= 0.3 is 0 Å². The van der Waals surface area contributed by atoms with E-state index in [0.29, 0.717) is 0 Å². The molecule has 9 heteroatoms. The molecule has 3 aromatic rings. The summed E-state index contributed by atoms with van der Waals surface area (Å²) >= 11 is 7.29. The lowest BCUT2D eigenvalue weighted by Gasteiger charge is -2.12. The predicted molar refractivity (Wildman–Crippen MR) is 99.7 cm³/mol. The number of methoxy groups -OCH3 is 2. The SMILES string of the molecule is COc1cc(S(=O)(=O)Nc2nc3ccc(C)cc3s2)c(OC)cc1Cl. The number of benzene rings is 2. The van der Waals surface area contributed by atoms with Crippen molar-refractivity contribution in [3.05, 3.63) is 40.9 Å². The Bertz CT molecular complexity index is 1050. The van der Waals surface area contributed by atoms with E-state index in [1.807, 2.05) is 25.1 Å². The van der Waals surface area contributed by atoms with E-state index >= 15 is 0 Å². The maximum atomic E-state index is 12.8. The summed E-state index contributed by atoms with van der Waals surface area (Å²) in [6.07, 6.45) is 0. The Labute approximate surface area is 154 Å². The van der Waals surface area contributed by atoms with E-state index in [9.17, 15) is 8.42 Å². The van der Waals surface area contributed by atoms with E-state index in [0.717, 1.165) is 15.8 Å². The molecule has 1 N–H and O–H groups in total. The number of nitrogens with one attached hydrogen (secondary N) is 1. The molecular weight excluding hydrogens is 384 g/mol. The topological polar surface area (TPSA) is 77.5 Å². The maximum Gasteiger partial charge on any atom is 0.267 e. The minimum absolute atomic E-state index is 0.0771. The number of nitrogens with zero attached hydrogens (tertiary/aromatic N) is 1. The Morgan fingerprint density at radius 3 is 2.52 bits per heavy atom. The first kappa shape index (κ1) is 17.8. The highest BCUT2D eigenvalue weighted by Gasteiger charge is 2.24. The molecule has 0 saturated carbocycles. The van der Waals surface area contributed by atoms with Crippen molar-refractivity contribution in [1.82, 2.24) is 4.98 Å². The number of sulfonamides is 1. The van der Waals surface area contributed by atoms with Gasteiger partial charge in [0.25, 0.3) is 10.0 Å². The Morgan fingerprint density at radius 1 is 1.12 bits per heavy atom. The predicted octanol–water partition coefficient (Wildman–Crippen LogP) is 4.08. The van der Waals surface area contributed by atoms with Crippen molar-refractivity contribution < 1.29 is 17.9 Å². The molecule has 0 radical (unpaired) electrons. The van der Waals surface area contributed by atoms with Gasteiger partial charge in [0.05, 0.1) is 29.5 Å². The summed E-state index contributed by atoms with van der Waals surface area (Å²) in [5, 5.41) is 0.533. The van der Waals surface area contributed by atoms with Crippen LogP contribution in [0.5, 0.6) is 11.5 Å². The number of ether oxygens (including phenoxy) is 2. The molecule has 0 bridgehead atoms. The molecule has 0 aliphatic heterocycles. The van der Waals surface area contributed by atoms with E-state index in [-0.39, 0.29) is 26.5 Å². The molecule has 1 aromatic heterocycles. The third-order valence-corrected chi connectivity index (χ3v) is 6.21. The second-order valence-corrected chi connectivity index (χ2v) is 8.32. The molecule has 0 spiro atoms. The van der Waals surface area contributed by atoms with Gasteiger partial charge < -0.3 is 9.47 Å². The van der Waals surface area contributed by atoms with Crippen molar-refractivity contribution in [3.63, 3.8) is 0 Å². The van der Waals surface area contributed by atoms with Crippen LogP contribution in [0.2, 0.25) is 5.02 Å². The molecule has 6 nitrogen and oxygen atoms in total. The van der Waals surface area contributed by atoms with Gasteiger partial charge in [0.2, 0.25) is 0 Å². The lowest BCUT2D eigenvalue weighted by Crippen LogP contribution is -2.14. The summed E-state index contributed by atoms with van der Waals surface area (Å²) in [6, 6.07) is 8.45. The number of hydrogen-bond acceptors (Lipinski definition) is 6. The van der Waals surface area contributed by atoms with Crippen molar-refractivity contribution in [3.8, 4) is 11.5 Å². The van der Waals surface area contributed by atoms with Crippen LogP contribution < -0.4 is 14.2 Å². The fourth-order valence-corrected chi connectivity index (χ4v) is 4.88. The minimum atomic E-state index is -3.93. The van der Waals surface area contributed by atoms with Crippen LogP contribution in [0.4, 0.5) is 5.13 Å². The highest BCUT2D eigenvalue weighted by molar-refractivity contribution is 7.93. The van der Waals surface area contributed by atoms with E-state index in [4.69, 9.17) is 21.1 Å². The summed E-state index contributed by atoms with van der Waals surface area (Å²) in [5.41, 5.74) is 1.81. The zero-order valence-corrected chi connectivity index (χ0v) is 16.1. The Balaban J connectivity index is 2.03. The Kier molecular flexibility index (Phi) is 4.77. The molecular formula is C16H15ClN2O4S2. The number of fused-ring (bicyclic) bond motifs is 1. The highest BCUT2D eigenvalue weighted by Crippen LogP contribution is 2.36. The van der Waals surface area contributed by atoms with Crippen LogP contribution in [0, 0.1) is 6.92 Å². The number of thiazole rings is 1. The van der Waals surface area contributed by atoms with Gasteiger partial charge in [0.15, 0.2) is 5.13 Å². The van der Waals surface area contributed by atoms with Crippen molar-refractivity contribution in [2.45, 2.75) is 11.8 Å². The van der Waals surface area contributed by atoms with E-state index < -0.39 is 10.0 Å². The van der Waals surface area contributed by atoms with Gasteiger partial charge in [-0.05, 0) is 24.6 Å². The van der Waals surface area contributed by atoms with Crippen LogP contribution in [-0.4, -0.2) is 27.6 Å². The Hall–Kier alpha value is -2.03. The summed E-state index contributed by atoms with van der Waals surface area (Å²) in [7, 11) is -1.15. The number of aryl methyl sites for hydroxylation is 1. The monoisotopic (exact) mass is 398 g/mol. The van der Waals surface area contributed by atoms with E-state index in [1.165, 1.54) is 37.7 Å². The fraction of sp³-hybridized carbons (Fsp3) is 0.188. The zero-order chi connectivity index (χ0) is 18.2. The molecule has 0 aliphatic carbocycles. The smallest absolute Gasteiger partial charge is 0.267 e. The molecule has 0 fully saturated rings. The highest BCUT2D eigenvalue weighted by atomic mass is 35.5. The summed E-state index contributed by atoms with van der Waals surface area (Å²) in [5.74, 6) is 0.359. The molecule has 0 saturated heterocycles.